The lowest BCUT2D eigenvalue weighted by molar-refractivity contribution is -0.137. The summed E-state index contributed by atoms with van der Waals surface area (Å²) < 4.78 is 29.1. The number of sulfonamides is 1. The van der Waals surface area contributed by atoms with Gasteiger partial charge in [-0.1, -0.05) is 30.3 Å². The van der Waals surface area contributed by atoms with Gasteiger partial charge >= 0.3 is 0 Å². The molecule has 13 heteroatoms. The van der Waals surface area contributed by atoms with E-state index in [0.717, 1.165) is 6.42 Å². The lowest BCUT2D eigenvalue weighted by Crippen LogP contribution is -2.62. The van der Waals surface area contributed by atoms with Crippen molar-refractivity contribution in [1.29, 1.82) is 5.41 Å². The quantitative estimate of drug-likeness (QED) is 0.156. The van der Waals surface area contributed by atoms with Crippen LogP contribution >= 0.6 is 0 Å². The molecule has 2 saturated heterocycles. The number of carbonyl (C=O) groups excluding carboxylic acids is 3. The fourth-order valence-corrected chi connectivity index (χ4v) is 7.02. The van der Waals surface area contributed by atoms with Crippen molar-refractivity contribution in [3.05, 3.63) is 35.9 Å². The molecular formula is C23H35N7O5S. The summed E-state index contributed by atoms with van der Waals surface area (Å²) in [5.74, 6) is -0.893. The lowest BCUT2D eigenvalue weighted by atomic mass is 10.0. The number of amides is 3. The molecule has 0 aliphatic carbocycles. The largest absolute Gasteiger partial charge is 0.370 e. The molecule has 1 aromatic carbocycles. The second-order valence-corrected chi connectivity index (χ2v) is 11.0. The van der Waals surface area contributed by atoms with Crippen LogP contribution in [0.2, 0.25) is 0 Å². The molecule has 5 N–H and O–H groups in total. The number of guanidine groups is 1. The van der Waals surface area contributed by atoms with Crippen molar-refractivity contribution in [2.45, 2.75) is 49.6 Å². The van der Waals surface area contributed by atoms with Crippen LogP contribution in [0.15, 0.2) is 30.3 Å². The topological polar surface area (TPSA) is 169 Å². The Balaban J connectivity index is 2.00. The third-order valence-corrected chi connectivity index (χ3v) is 8.59. The molecule has 0 spiro atoms. The van der Waals surface area contributed by atoms with Gasteiger partial charge in [0, 0.05) is 44.8 Å². The van der Waals surface area contributed by atoms with Crippen molar-refractivity contribution in [2.75, 3.05) is 32.7 Å². The van der Waals surface area contributed by atoms with Gasteiger partial charge in [-0.25, -0.2) is 8.42 Å². The molecule has 3 atom stereocenters. The van der Waals surface area contributed by atoms with E-state index in [0.29, 0.717) is 50.7 Å². The summed E-state index contributed by atoms with van der Waals surface area (Å²) >= 11 is 0. The Morgan fingerprint density at radius 2 is 1.83 bits per heavy atom. The van der Waals surface area contributed by atoms with E-state index in [4.69, 9.17) is 11.1 Å². The molecule has 2 fully saturated rings. The number of nitrogens with two attached hydrogens (primary N) is 1. The van der Waals surface area contributed by atoms with Gasteiger partial charge in [0.05, 0.1) is 5.75 Å². The van der Waals surface area contributed by atoms with Crippen molar-refractivity contribution in [1.82, 2.24) is 24.7 Å². The predicted octanol–water partition coefficient (Wildman–Crippen LogP) is -0.972. The van der Waals surface area contributed by atoms with E-state index in [-0.39, 0.29) is 37.4 Å². The molecule has 3 rings (SSSR count). The summed E-state index contributed by atoms with van der Waals surface area (Å²) in [7, 11) is -4.04. The van der Waals surface area contributed by atoms with Crippen molar-refractivity contribution in [3.63, 3.8) is 0 Å². The number of piperidine rings is 1. The zero-order valence-corrected chi connectivity index (χ0v) is 21.0. The first-order chi connectivity index (χ1) is 17.3. The number of likely N-dealkylation sites (tertiary alicyclic amines) is 2. The first-order valence-corrected chi connectivity index (χ1v) is 13.7. The predicted molar refractivity (Wildman–Crippen MR) is 134 cm³/mol. The number of hydrogen-bond donors (Lipinski definition) is 4. The Hall–Kier alpha value is -3.19. The molecule has 2 aliphatic rings. The number of rotatable bonds is 12. The summed E-state index contributed by atoms with van der Waals surface area (Å²) in [6.45, 7) is 1.19. The van der Waals surface area contributed by atoms with Crippen LogP contribution < -0.4 is 16.4 Å². The van der Waals surface area contributed by atoms with Crippen molar-refractivity contribution in [3.8, 4) is 0 Å². The Bertz CT molecular complexity index is 1020. The maximum absolute atomic E-state index is 13.9. The smallest absolute Gasteiger partial charge is 0.243 e. The minimum atomic E-state index is -4.04. The van der Waals surface area contributed by atoms with E-state index in [1.54, 1.807) is 40.1 Å². The zero-order chi connectivity index (χ0) is 26.1. The second kappa shape index (κ2) is 12.7. The highest BCUT2D eigenvalue weighted by Gasteiger charge is 2.44. The van der Waals surface area contributed by atoms with Gasteiger partial charge in [0.25, 0.3) is 0 Å². The molecule has 2 heterocycles. The number of benzene rings is 1. The van der Waals surface area contributed by atoms with Gasteiger partial charge in [-0.05, 0) is 31.2 Å². The fourth-order valence-electron chi connectivity index (χ4n) is 5.08. The summed E-state index contributed by atoms with van der Waals surface area (Å²) in [6, 6.07) is 6.64. The molecule has 36 heavy (non-hydrogen) atoms. The summed E-state index contributed by atoms with van der Waals surface area (Å²) in [4.78, 5) is 39.2. The van der Waals surface area contributed by atoms with Gasteiger partial charge < -0.3 is 26.2 Å². The van der Waals surface area contributed by atoms with Gasteiger partial charge in [-0.2, -0.15) is 4.31 Å². The Morgan fingerprint density at radius 1 is 1.14 bits per heavy atom. The van der Waals surface area contributed by atoms with Crippen LogP contribution in [0.3, 0.4) is 0 Å². The van der Waals surface area contributed by atoms with E-state index in [9.17, 15) is 22.8 Å². The number of nitrogens with zero attached hydrogens (tertiary/aromatic N) is 3. The minimum Gasteiger partial charge on any atom is -0.370 e. The standard InChI is InChI=1S/C23H35N7O5S/c24-23(25)28-10-4-9-20(14-28)30(36(34,35)15-18-6-2-1-3-7-18)21(13-27-17-32)22(33)29-11-5-8-19(29)12-26-16-31/h1-3,6-7,16-17,19-21H,4-5,8-15H2,(H3,24,25)(H,26,31)(H,27,32). The van der Waals surface area contributed by atoms with Gasteiger partial charge in [0.2, 0.25) is 28.8 Å². The molecule has 1 aromatic rings. The normalized spacial score (nSPS) is 21.1. The number of carbonyl (C=O) groups is 3. The molecule has 0 bridgehead atoms. The molecule has 2 aliphatic heterocycles. The average Bonchev–Trinajstić information content (AvgIpc) is 3.33. The first-order valence-electron chi connectivity index (χ1n) is 12.1. The van der Waals surface area contributed by atoms with Crippen molar-refractivity contribution >= 4 is 34.7 Å². The Morgan fingerprint density at radius 3 is 2.50 bits per heavy atom. The van der Waals surface area contributed by atoms with Gasteiger partial charge in [-0.15, -0.1) is 0 Å². The second-order valence-electron chi connectivity index (χ2n) is 9.09. The molecule has 3 unspecified atom stereocenters. The third-order valence-electron chi connectivity index (χ3n) is 6.69. The summed E-state index contributed by atoms with van der Waals surface area (Å²) in [5, 5.41) is 13.0. The molecule has 3 amide bonds. The van der Waals surface area contributed by atoms with Crippen LogP contribution in [-0.4, -0.2) is 98.1 Å². The molecule has 0 aromatic heterocycles. The minimum absolute atomic E-state index is 0.159. The monoisotopic (exact) mass is 521 g/mol. The fraction of sp³-hybridized carbons (Fsp3) is 0.565. The van der Waals surface area contributed by atoms with Crippen molar-refractivity contribution < 1.29 is 22.8 Å². The highest BCUT2D eigenvalue weighted by atomic mass is 32.2. The van der Waals surface area contributed by atoms with E-state index in [1.807, 2.05) is 0 Å². The van der Waals surface area contributed by atoms with E-state index in [2.05, 4.69) is 10.6 Å². The number of nitrogens with one attached hydrogen (secondary N) is 3. The molecule has 12 nitrogen and oxygen atoms in total. The van der Waals surface area contributed by atoms with Gasteiger partial charge in [0.15, 0.2) is 5.96 Å². The van der Waals surface area contributed by atoms with Gasteiger partial charge in [0.1, 0.15) is 6.04 Å². The third kappa shape index (κ3) is 6.72. The maximum atomic E-state index is 13.9. The van der Waals surface area contributed by atoms with E-state index in [1.165, 1.54) is 4.31 Å². The Kier molecular flexibility index (Phi) is 9.65. The van der Waals surface area contributed by atoms with Crippen LogP contribution in [0.4, 0.5) is 0 Å². The van der Waals surface area contributed by atoms with Crippen LogP contribution in [0.5, 0.6) is 0 Å². The zero-order valence-electron chi connectivity index (χ0n) is 20.2. The summed E-state index contributed by atoms with van der Waals surface area (Å²) in [6.07, 6.45) is 3.50. The van der Waals surface area contributed by atoms with Crippen LogP contribution in [0, 0.1) is 5.41 Å². The summed E-state index contributed by atoms with van der Waals surface area (Å²) in [5.41, 5.74) is 6.29. The number of hydrogen-bond acceptors (Lipinski definition) is 6. The van der Waals surface area contributed by atoms with Crippen molar-refractivity contribution in [2.24, 2.45) is 5.73 Å². The van der Waals surface area contributed by atoms with Gasteiger partial charge in [-0.3, -0.25) is 19.8 Å². The lowest BCUT2D eigenvalue weighted by Gasteiger charge is -2.43. The first kappa shape index (κ1) is 27.4. The van der Waals surface area contributed by atoms with E-state index < -0.39 is 28.0 Å². The Labute approximate surface area is 211 Å². The highest BCUT2D eigenvalue weighted by molar-refractivity contribution is 7.88. The molecule has 0 saturated carbocycles. The molecule has 0 radical (unpaired) electrons. The molecular weight excluding hydrogens is 486 g/mol. The molecule has 198 valence electrons. The van der Waals surface area contributed by atoms with Crippen LogP contribution in [0.1, 0.15) is 31.2 Å². The maximum Gasteiger partial charge on any atom is 0.243 e. The van der Waals surface area contributed by atoms with E-state index >= 15 is 0 Å². The highest BCUT2D eigenvalue weighted by Crippen LogP contribution is 2.27. The van der Waals surface area contributed by atoms with Crippen LogP contribution in [0.25, 0.3) is 0 Å². The van der Waals surface area contributed by atoms with Crippen LogP contribution in [-0.2, 0) is 30.2 Å². The SMILES string of the molecule is N=C(N)N1CCCC(N(C(CNC=O)C(=O)N2CCCC2CNC=O)S(=O)(=O)Cc2ccccc2)C1. The average molecular weight is 522 g/mol.